The molecule has 22 heavy (non-hydrogen) atoms. The summed E-state index contributed by atoms with van der Waals surface area (Å²) in [5.41, 5.74) is -2.07. The minimum absolute atomic E-state index is 0.137. The number of halogens is 1. The quantitative estimate of drug-likeness (QED) is 0.361. The summed E-state index contributed by atoms with van der Waals surface area (Å²) in [6, 6.07) is 2.63. The fraction of sp³-hybridized carbons (Fsp3) is 0.500. The molecule has 0 amide bonds. The van der Waals surface area contributed by atoms with Crippen molar-refractivity contribution in [3.8, 4) is 0 Å². The van der Waals surface area contributed by atoms with Gasteiger partial charge in [-0.1, -0.05) is 0 Å². The maximum atomic E-state index is 13.1. The van der Waals surface area contributed by atoms with E-state index in [-0.39, 0.29) is 5.46 Å². The average molecular weight is 331 g/mol. The highest BCUT2D eigenvalue weighted by Gasteiger charge is 2.53. The summed E-state index contributed by atoms with van der Waals surface area (Å²) < 4.78 is 46.5. The van der Waals surface area contributed by atoms with Gasteiger partial charge in [-0.3, -0.25) is 10.1 Å². The lowest BCUT2D eigenvalue weighted by molar-refractivity contribution is -0.383. The Morgan fingerprint density at radius 3 is 2.09 bits per heavy atom. The third-order valence-corrected chi connectivity index (χ3v) is 4.80. The summed E-state index contributed by atoms with van der Waals surface area (Å²) in [4.78, 5) is 9.74. The molecule has 0 aliphatic carbocycles. The molecular weight excluding hydrogens is 316 g/mol. The van der Waals surface area contributed by atoms with Crippen LogP contribution in [0.1, 0.15) is 27.7 Å². The van der Waals surface area contributed by atoms with Crippen molar-refractivity contribution in [2.75, 3.05) is 0 Å². The highest BCUT2D eigenvalue weighted by atomic mass is 32.3. The maximum Gasteiger partial charge on any atom is 0.501 e. The largest absolute Gasteiger partial charge is 0.501 e. The Hall–Kier alpha value is -1.52. The Morgan fingerprint density at radius 1 is 1.18 bits per heavy atom. The van der Waals surface area contributed by atoms with Gasteiger partial charge < -0.3 is 9.31 Å². The van der Waals surface area contributed by atoms with Crippen LogP contribution in [0, 0.1) is 10.1 Å². The fourth-order valence-electron chi connectivity index (χ4n) is 2.01. The standard InChI is InChI=1S/C12H15BFNO6S/c1-11(2)12(3,4)21-13(20-11)9-7-8(22(14,18)19)5-6-10(9)15(16)17/h5-7H,1-4H3. The van der Waals surface area contributed by atoms with E-state index in [0.29, 0.717) is 0 Å². The molecule has 0 bridgehead atoms. The van der Waals surface area contributed by atoms with Gasteiger partial charge in [0.2, 0.25) is 0 Å². The van der Waals surface area contributed by atoms with E-state index in [9.17, 15) is 22.4 Å². The highest BCUT2D eigenvalue weighted by Crippen LogP contribution is 2.37. The summed E-state index contributed by atoms with van der Waals surface area (Å²) >= 11 is 0. The molecule has 0 atom stereocenters. The van der Waals surface area contributed by atoms with Gasteiger partial charge in [0.25, 0.3) is 5.69 Å². The number of hydrogen-bond donors (Lipinski definition) is 0. The van der Waals surface area contributed by atoms with E-state index in [4.69, 9.17) is 9.31 Å². The molecule has 0 unspecified atom stereocenters. The van der Waals surface area contributed by atoms with Gasteiger partial charge in [0.05, 0.1) is 26.5 Å². The number of hydrogen-bond acceptors (Lipinski definition) is 6. The molecule has 1 aromatic carbocycles. The van der Waals surface area contributed by atoms with Gasteiger partial charge in [-0.05, 0) is 39.8 Å². The third-order valence-electron chi connectivity index (χ3n) is 3.98. The molecule has 10 heteroatoms. The molecule has 0 radical (unpaired) electrons. The monoisotopic (exact) mass is 331 g/mol. The number of rotatable bonds is 3. The van der Waals surface area contributed by atoms with Gasteiger partial charge in [-0.15, -0.1) is 3.89 Å². The minimum atomic E-state index is -4.99. The van der Waals surface area contributed by atoms with E-state index >= 15 is 0 Å². The van der Waals surface area contributed by atoms with Gasteiger partial charge in [-0.25, -0.2) is 0 Å². The van der Waals surface area contributed by atoms with E-state index in [1.54, 1.807) is 27.7 Å². The zero-order valence-corrected chi connectivity index (χ0v) is 13.3. The molecule has 1 aromatic rings. The molecule has 1 aliphatic rings. The van der Waals surface area contributed by atoms with E-state index < -0.39 is 44.0 Å². The second-order valence-corrected chi connectivity index (χ2v) is 7.35. The maximum absolute atomic E-state index is 13.1. The summed E-state index contributed by atoms with van der Waals surface area (Å²) in [6.07, 6.45) is 0. The molecule has 0 aromatic heterocycles. The molecule has 1 fully saturated rings. The van der Waals surface area contributed by atoms with Crippen LogP contribution in [0.2, 0.25) is 0 Å². The van der Waals surface area contributed by atoms with Gasteiger partial charge >= 0.3 is 17.3 Å². The van der Waals surface area contributed by atoms with Crippen LogP contribution >= 0.6 is 0 Å². The normalized spacial score (nSPS) is 20.1. The van der Waals surface area contributed by atoms with Gasteiger partial charge in [-0.2, -0.15) is 8.42 Å². The number of nitro benzene ring substituents is 1. The molecule has 0 saturated carbocycles. The predicted molar refractivity (Wildman–Crippen MR) is 77.1 cm³/mol. The van der Waals surface area contributed by atoms with Crippen molar-refractivity contribution in [1.82, 2.24) is 0 Å². The minimum Gasteiger partial charge on any atom is -0.399 e. The van der Waals surface area contributed by atoms with Crippen LogP contribution in [0.25, 0.3) is 0 Å². The van der Waals surface area contributed by atoms with Crippen LogP contribution in [0.3, 0.4) is 0 Å². The predicted octanol–water partition coefficient (Wildman–Crippen LogP) is 1.55. The Labute approximate surface area is 127 Å². The lowest BCUT2D eigenvalue weighted by Crippen LogP contribution is -2.41. The Morgan fingerprint density at radius 2 is 1.68 bits per heavy atom. The Balaban J connectivity index is 2.57. The number of benzene rings is 1. The summed E-state index contributed by atoms with van der Waals surface area (Å²) in [5.74, 6) is 0. The van der Waals surface area contributed by atoms with Gasteiger partial charge in [0.1, 0.15) is 0 Å². The van der Waals surface area contributed by atoms with Crippen LogP contribution < -0.4 is 5.46 Å². The highest BCUT2D eigenvalue weighted by molar-refractivity contribution is 7.86. The summed E-state index contributed by atoms with van der Waals surface area (Å²) in [6.45, 7) is 6.98. The first-order valence-electron chi connectivity index (χ1n) is 6.44. The van der Waals surface area contributed by atoms with Crippen molar-refractivity contribution in [3.05, 3.63) is 28.3 Å². The van der Waals surface area contributed by atoms with E-state index in [1.165, 1.54) is 0 Å². The van der Waals surface area contributed by atoms with Crippen molar-refractivity contribution < 1.29 is 26.5 Å². The molecule has 0 spiro atoms. The molecule has 7 nitrogen and oxygen atoms in total. The fourth-order valence-corrected chi connectivity index (χ4v) is 2.51. The van der Waals surface area contributed by atoms with Crippen LogP contribution in [-0.2, 0) is 19.5 Å². The van der Waals surface area contributed by atoms with Crippen molar-refractivity contribution in [3.63, 3.8) is 0 Å². The number of nitro groups is 1. The molecule has 2 rings (SSSR count). The van der Waals surface area contributed by atoms with Gasteiger partial charge in [0, 0.05) is 6.07 Å². The smallest absolute Gasteiger partial charge is 0.399 e. The van der Waals surface area contributed by atoms with E-state index in [1.807, 2.05) is 0 Å². The molecule has 120 valence electrons. The molecule has 1 heterocycles. The lowest BCUT2D eigenvalue weighted by atomic mass is 9.78. The summed E-state index contributed by atoms with van der Waals surface area (Å²) in [5, 5.41) is 11.1. The molecular formula is C12H15BFNO6S. The van der Waals surface area contributed by atoms with Crippen molar-refractivity contribution in [1.29, 1.82) is 0 Å². The zero-order chi connectivity index (χ0) is 16.9. The number of nitrogens with zero attached hydrogens (tertiary/aromatic N) is 1. The Kier molecular flexibility index (Phi) is 3.83. The first-order chi connectivity index (χ1) is 9.85. The summed E-state index contributed by atoms with van der Waals surface area (Å²) in [7, 11) is -6.15. The molecule has 0 N–H and O–H groups in total. The van der Waals surface area contributed by atoms with Crippen molar-refractivity contribution >= 4 is 28.5 Å². The van der Waals surface area contributed by atoms with Crippen molar-refractivity contribution in [2.45, 2.75) is 43.8 Å². The SMILES string of the molecule is CC1(C)OB(c2cc(S(=O)(=O)F)ccc2[N+](=O)[O-])OC1(C)C. The van der Waals surface area contributed by atoms with Gasteiger partial charge in [0.15, 0.2) is 0 Å². The topological polar surface area (TPSA) is 95.7 Å². The van der Waals surface area contributed by atoms with Crippen LogP contribution in [-0.4, -0.2) is 31.7 Å². The van der Waals surface area contributed by atoms with Crippen molar-refractivity contribution in [2.24, 2.45) is 0 Å². The first-order valence-corrected chi connectivity index (χ1v) is 7.82. The Bertz CT molecular complexity index is 717. The molecule has 1 aliphatic heterocycles. The second-order valence-electron chi connectivity index (χ2n) is 6.00. The third kappa shape index (κ3) is 2.86. The second kappa shape index (κ2) is 5.00. The van der Waals surface area contributed by atoms with Crippen LogP contribution in [0.5, 0.6) is 0 Å². The van der Waals surface area contributed by atoms with Crippen LogP contribution in [0.15, 0.2) is 23.1 Å². The van der Waals surface area contributed by atoms with Crippen LogP contribution in [0.4, 0.5) is 9.57 Å². The zero-order valence-electron chi connectivity index (χ0n) is 12.5. The lowest BCUT2D eigenvalue weighted by Gasteiger charge is -2.32. The van der Waals surface area contributed by atoms with E-state index in [0.717, 1.165) is 18.2 Å². The molecule has 1 saturated heterocycles. The first kappa shape index (κ1) is 16.8. The average Bonchev–Trinajstić information content (AvgIpc) is 2.56. The van der Waals surface area contributed by atoms with E-state index in [2.05, 4.69) is 0 Å².